The van der Waals surface area contributed by atoms with E-state index in [4.69, 9.17) is 5.73 Å². The van der Waals surface area contributed by atoms with Gasteiger partial charge in [0.2, 0.25) is 17.7 Å². The molecule has 8 N–H and O–H groups in total. The van der Waals surface area contributed by atoms with Crippen LogP contribution in [0.25, 0.3) is 0 Å². The molecule has 12 nitrogen and oxygen atoms in total. The molecular formula is C24H34N6O6S. The zero-order valence-corrected chi connectivity index (χ0v) is 21.6. The molecule has 202 valence electrons. The van der Waals surface area contributed by atoms with Gasteiger partial charge in [0.25, 0.3) is 0 Å². The van der Waals surface area contributed by atoms with Crippen LogP contribution in [-0.2, 0) is 32.0 Å². The number of H-pyrrole nitrogens is 1. The van der Waals surface area contributed by atoms with Crippen LogP contribution in [0, 0.1) is 5.92 Å². The smallest absolute Gasteiger partial charge is 0.327 e. The van der Waals surface area contributed by atoms with Gasteiger partial charge in [-0.05, 0) is 23.6 Å². The number of benzene rings is 1. The highest BCUT2D eigenvalue weighted by Crippen LogP contribution is 2.13. The van der Waals surface area contributed by atoms with Crippen molar-refractivity contribution in [2.75, 3.05) is 5.75 Å². The van der Waals surface area contributed by atoms with Gasteiger partial charge < -0.3 is 36.9 Å². The number of aromatic amines is 1. The van der Waals surface area contributed by atoms with Crippen molar-refractivity contribution >= 4 is 36.3 Å². The summed E-state index contributed by atoms with van der Waals surface area (Å²) in [5, 5.41) is 26.5. The molecule has 0 aliphatic heterocycles. The van der Waals surface area contributed by atoms with Crippen LogP contribution in [0.3, 0.4) is 0 Å². The number of phenols is 1. The van der Waals surface area contributed by atoms with E-state index < -0.39 is 47.9 Å². The molecule has 1 heterocycles. The van der Waals surface area contributed by atoms with Gasteiger partial charge in [0.05, 0.1) is 12.4 Å². The maximum absolute atomic E-state index is 13.4. The van der Waals surface area contributed by atoms with Crippen molar-refractivity contribution in [3.8, 4) is 5.75 Å². The number of thiol groups is 1. The average Bonchev–Trinajstić information content (AvgIpc) is 3.39. The lowest BCUT2D eigenvalue weighted by atomic mass is 9.98. The summed E-state index contributed by atoms with van der Waals surface area (Å²) in [6, 6.07) is 1.71. The highest BCUT2D eigenvalue weighted by Gasteiger charge is 2.31. The fraction of sp³-hybridized carbons (Fsp3) is 0.458. The summed E-state index contributed by atoms with van der Waals surface area (Å²) in [5.41, 5.74) is 7.22. The first-order valence-electron chi connectivity index (χ1n) is 11.8. The van der Waals surface area contributed by atoms with E-state index in [2.05, 4.69) is 38.5 Å². The van der Waals surface area contributed by atoms with E-state index >= 15 is 0 Å². The Balaban J connectivity index is 2.28. The van der Waals surface area contributed by atoms with Crippen LogP contribution in [0.15, 0.2) is 36.8 Å². The van der Waals surface area contributed by atoms with Gasteiger partial charge in [-0.2, -0.15) is 12.6 Å². The van der Waals surface area contributed by atoms with E-state index in [0.29, 0.717) is 17.7 Å². The van der Waals surface area contributed by atoms with Gasteiger partial charge in [-0.3, -0.25) is 14.4 Å². The number of aliphatic carboxylic acids is 1. The Bertz CT molecular complexity index is 1050. The van der Waals surface area contributed by atoms with Gasteiger partial charge in [-0.15, -0.1) is 0 Å². The zero-order valence-electron chi connectivity index (χ0n) is 20.7. The molecule has 0 radical (unpaired) electrons. The maximum Gasteiger partial charge on any atom is 0.327 e. The maximum atomic E-state index is 13.4. The van der Waals surface area contributed by atoms with Crippen LogP contribution in [-0.4, -0.2) is 73.8 Å². The SMILES string of the molecule is CCC(C)C(N)C(=O)NC(Cc1ccc(O)cc1)C(=O)NC(Cc1cnc[nH]1)C(=O)NC(CS)C(=O)O. The normalized spacial score (nSPS) is 15.0. The fourth-order valence-electron chi connectivity index (χ4n) is 3.41. The molecule has 0 fully saturated rings. The number of rotatable bonds is 14. The van der Waals surface area contributed by atoms with Crippen molar-refractivity contribution in [3.63, 3.8) is 0 Å². The van der Waals surface area contributed by atoms with Gasteiger partial charge in [-0.25, -0.2) is 9.78 Å². The first-order chi connectivity index (χ1) is 17.5. The summed E-state index contributed by atoms with van der Waals surface area (Å²) in [5.74, 6) is -3.45. The van der Waals surface area contributed by atoms with Crippen molar-refractivity contribution in [1.29, 1.82) is 0 Å². The number of amides is 3. The zero-order chi connectivity index (χ0) is 27.5. The number of carboxylic acid groups (broad SMARTS) is 1. The Labute approximate surface area is 220 Å². The van der Waals surface area contributed by atoms with E-state index in [1.54, 1.807) is 12.1 Å². The molecular weight excluding hydrogens is 500 g/mol. The molecule has 0 aliphatic carbocycles. The fourth-order valence-corrected chi connectivity index (χ4v) is 3.66. The Kier molecular flexibility index (Phi) is 11.4. The quantitative estimate of drug-likeness (QED) is 0.152. The lowest BCUT2D eigenvalue weighted by molar-refractivity contribution is -0.141. The monoisotopic (exact) mass is 534 g/mol. The Morgan fingerprint density at radius 3 is 2.08 bits per heavy atom. The highest BCUT2D eigenvalue weighted by molar-refractivity contribution is 7.80. The first-order valence-corrected chi connectivity index (χ1v) is 12.4. The standard InChI is InChI=1S/C24H34N6O6S/c1-3-13(2)20(25)23(34)29-17(8-14-4-6-16(31)7-5-14)21(32)28-18(9-15-10-26-12-27-15)22(33)30-19(11-37)24(35)36/h4-7,10,12-13,17-20,31,37H,3,8-9,11,25H2,1-2H3,(H,26,27)(H,28,32)(H,29,34)(H,30,33)(H,35,36). The van der Waals surface area contributed by atoms with Crippen LogP contribution >= 0.6 is 12.6 Å². The first kappa shape index (κ1) is 29.6. The number of imidazole rings is 1. The van der Waals surface area contributed by atoms with Crippen molar-refractivity contribution in [1.82, 2.24) is 25.9 Å². The lowest BCUT2D eigenvalue weighted by Crippen LogP contribution is -2.58. The second-order valence-corrected chi connectivity index (χ2v) is 9.13. The predicted octanol–water partition coefficient (Wildman–Crippen LogP) is -0.257. The summed E-state index contributed by atoms with van der Waals surface area (Å²) < 4.78 is 0. The molecule has 0 aliphatic rings. The van der Waals surface area contributed by atoms with Crippen molar-refractivity contribution in [2.45, 2.75) is 57.3 Å². The topological polar surface area (TPSA) is 200 Å². The van der Waals surface area contributed by atoms with Crippen molar-refractivity contribution < 1.29 is 29.4 Å². The van der Waals surface area contributed by atoms with Crippen LogP contribution in [0.2, 0.25) is 0 Å². The molecule has 0 bridgehead atoms. The van der Waals surface area contributed by atoms with Gasteiger partial charge >= 0.3 is 5.97 Å². The number of phenolic OH excluding ortho intramolecular Hbond substituents is 1. The number of nitrogens with zero attached hydrogens (tertiary/aromatic N) is 1. The van der Waals surface area contributed by atoms with Gasteiger partial charge in [0.1, 0.15) is 23.9 Å². The Morgan fingerprint density at radius 1 is 1.00 bits per heavy atom. The summed E-state index contributed by atoms with van der Waals surface area (Å²) in [6.07, 6.45) is 3.58. The van der Waals surface area contributed by atoms with Crippen LogP contribution < -0.4 is 21.7 Å². The summed E-state index contributed by atoms with van der Waals surface area (Å²) in [7, 11) is 0. The molecule has 5 unspecified atom stereocenters. The number of nitrogens with two attached hydrogens (primary N) is 1. The summed E-state index contributed by atoms with van der Waals surface area (Å²) in [4.78, 5) is 57.3. The van der Waals surface area contributed by atoms with E-state index in [0.717, 1.165) is 0 Å². The number of hydrogen-bond donors (Lipinski definition) is 8. The lowest BCUT2D eigenvalue weighted by Gasteiger charge is -2.26. The number of hydrogen-bond acceptors (Lipinski definition) is 8. The summed E-state index contributed by atoms with van der Waals surface area (Å²) in [6.45, 7) is 3.72. The largest absolute Gasteiger partial charge is 0.508 e. The minimum atomic E-state index is -1.27. The van der Waals surface area contributed by atoms with Crippen molar-refractivity contribution in [2.24, 2.45) is 11.7 Å². The highest BCUT2D eigenvalue weighted by atomic mass is 32.1. The Hall–Kier alpha value is -3.58. The van der Waals surface area contributed by atoms with Gasteiger partial charge in [0.15, 0.2) is 0 Å². The summed E-state index contributed by atoms with van der Waals surface area (Å²) >= 11 is 3.96. The van der Waals surface area contributed by atoms with Gasteiger partial charge in [0, 0.05) is 30.5 Å². The molecule has 3 amide bonds. The minimum Gasteiger partial charge on any atom is -0.508 e. The number of carbonyl (C=O) groups is 4. The predicted molar refractivity (Wildman–Crippen MR) is 139 cm³/mol. The van der Waals surface area contributed by atoms with E-state index in [-0.39, 0.29) is 30.3 Å². The molecule has 1 aromatic carbocycles. The molecule has 2 aromatic rings. The Morgan fingerprint density at radius 2 is 1.57 bits per heavy atom. The second kappa shape index (κ2) is 14.2. The molecule has 0 saturated carbocycles. The minimum absolute atomic E-state index is 0.0112. The van der Waals surface area contributed by atoms with Gasteiger partial charge in [-0.1, -0.05) is 32.4 Å². The van der Waals surface area contributed by atoms with Crippen LogP contribution in [0.5, 0.6) is 5.75 Å². The van der Waals surface area contributed by atoms with E-state index in [1.165, 1.54) is 24.7 Å². The number of nitrogens with one attached hydrogen (secondary N) is 4. The molecule has 13 heteroatoms. The molecule has 1 aromatic heterocycles. The third-order valence-electron chi connectivity index (χ3n) is 5.98. The second-order valence-electron chi connectivity index (χ2n) is 8.77. The van der Waals surface area contributed by atoms with Crippen LogP contribution in [0.4, 0.5) is 0 Å². The van der Waals surface area contributed by atoms with Crippen LogP contribution in [0.1, 0.15) is 31.5 Å². The molecule has 0 saturated heterocycles. The number of carbonyl (C=O) groups excluding carboxylic acids is 3. The number of carboxylic acids is 1. The molecule has 0 spiro atoms. The van der Waals surface area contributed by atoms with Crippen molar-refractivity contribution in [3.05, 3.63) is 48.0 Å². The van der Waals surface area contributed by atoms with E-state index in [9.17, 15) is 29.4 Å². The molecule has 5 atom stereocenters. The number of aromatic hydroxyl groups is 1. The average molecular weight is 535 g/mol. The number of aromatic nitrogens is 2. The third kappa shape index (κ3) is 9.10. The molecule has 37 heavy (non-hydrogen) atoms. The van der Waals surface area contributed by atoms with E-state index in [1.807, 2.05) is 13.8 Å². The molecule has 2 rings (SSSR count). The third-order valence-corrected chi connectivity index (χ3v) is 6.34.